The van der Waals surface area contributed by atoms with Gasteiger partial charge in [0.15, 0.2) is 5.76 Å². The number of oxime groups is 1. The first-order chi connectivity index (χ1) is 15.7. The zero-order valence-corrected chi connectivity index (χ0v) is 18.1. The van der Waals surface area contributed by atoms with Crippen molar-refractivity contribution in [3.8, 4) is 0 Å². The number of hydrogen-bond acceptors (Lipinski definition) is 5. The molecule has 3 heterocycles. The van der Waals surface area contributed by atoms with Gasteiger partial charge >= 0.3 is 5.97 Å². The molecule has 0 atom stereocenters. The topological polar surface area (TPSA) is 75.3 Å². The van der Waals surface area contributed by atoms with Crippen LogP contribution >= 0.6 is 0 Å². The van der Waals surface area contributed by atoms with Crippen LogP contribution in [0.25, 0.3) is 5.76 Å². The minimum atomic E-state index is -0.731. The molecule has 0 amide bonds. The van der Waals surface area contributed by atoms with Crippen molar-refractivity contribution >= 4 is 17.4 Å². The van der Waals surface area contributed by atoms with E-state index in [2.05, 4.69) is 40.1 Å². The number of aliphatic carboxylic acids is 1. The van der Waals surface area contributed by atoms with E-state index in [4.69, 9.17) is 14.4 Å². The fraction of sp³-hybridized carbons (Fsp3) is 0.423. The number of furan rings is 1. The van der Waals surface area contributed by atoms with Crippen molar-refractivity contribution < 1.29 is 19.2 Å². The first kappa shape index (κ1) is 20.8. The molecule has 6 heteroatoms. The normalized spacial score (nSPS) is 20.1. The summed E-state index contributed by atoms with van der Waals surface area (Å²) in [6, 6.07) is 12.4. The molecule has 32 heavy (non-hydrogen) atoms. The van der Waals surface area contributed by atoms with Gasteiger partial charge in [0.05, 0.1) is 12.5 Å². The second-order valence-electron chi connectivity index (χ2n) is 8.96. The smallest absolute Gasteiger partial charge is 0.309 e. The van der Waals surface area contributed by atoms with Gasteiger partial charge in [0.25, 0.3) is 0 Å². The van der Waals surface area contributed by atoms with E-state index in [1.54, 1.807) is 0 Å². The third kappa shape index (κ3) is 4.57. The Morgan fingerprint density at radius 2 is 1.88 bits per heavy atom. The van der Waals surface area contributed by atoms with Crippen LogP contribution in [0.3, 0.4) is 0 Å². The number of nitrogens with zero attached hydrogens (tertiary/aromatic N) is 2. The Labute approximate surface area is 187 Å². The molecule has 1 N–H and O–H groups in total. The molecule has 1 aromatic carbocycles. The Kier molecular flexibility index (Phi) is 5.97. The van der Waals surface area contributed by atoms with Crippen molar-refractivity contribution in [2.24, 2.45) is 11.1 Å². The van der Waals surface area contributed by atoms with Crippen molar-refractivity contribution in [1.82, 2.24) is 4.90 Å². The summed E-state index contributed by atoms with van der Waals surface area (Å²) in [4.78, 5) is 18.7. The largest absolute Gasteiger partial charge is 0.481 e. The molecule has 3 aliphatic rings. The summed E-state index contributed by atoms with van der Waals surface area (Å²) in [6.07, 6.45) is 9.09. The minimum Gasteiger partial charge on any atom is -0.481 e. The van der Waals surface area contributed by atoms with Crippen LogP contribution in [0.1, 0.15) is 67.1 Å². The lowest BCUT2D eigenvalue weighted by Crippen LogP contribution is -2.49. The summed E-state index contributed by atoms with van der Waals surface area (Å²) in [6.45, 7) is 1.72. The molecule has 1 aromatic heterocycles. The number of carbonyl (C=O) groups is 1. The highest BCUT2D eigenvalue weighted by Gasteiger charge is 2.32. The van der Waals surface area contributed by atoms with E-state index in [0.717, 1.165) is 11.3 Å². The fourth-order valence-electron chi connectivity index (χ4n) is 4.72. The predicted molar refractivity (Wildman–Crippen MR) is 121 cm³/mol. The molecule has 0 unspecified atom stereocenters. The molecule has 2 fully saturated rings. The van der Waals surface area contributed by atoms with E-state index in [0.29, 0.717) is 49.2 Å². The lowest BCUT2D eigenvalue weighted by atomic mass is 9.84. The Balaban J connectivity index is 1.21. The summed E-state index contributed by atoms with van der Waals surface area (Å²) in [7, 11) is 0. The standard InChI is InChI=1S/C26H28N2O4/c29-26(30)21-15-28(16-21)17-22-13-14-25(31-22)23-7-4-8-24(32-27-23)20-11-9-19(10-12-20)18-5-2-1-3-6-18/h4,9-14,18,21H,1-3,5-7,15-17H2,(H,29,30). The molecule has 5 rings (SSSR count). The Bertz CT molecular complexity index is 1060. The van der Waals surface area contributed by atoms with Gasteiger partial charge in [-0.05, 0) is 42.5 Å². The van der Waals surface area contributed by atoms with E-state index in [9.17, 15) is 4.79 Å². The van der Waals surface area contributed by atoms with Crippen LogP contribution in [0.4, 0.5) is 0 Å². The van der Waals surface area contributed by atoms with Gasteiger partial charge in [0.1, 0.15) is 11.5 Å². The van der Waals surface area contributed by atoms with Crippen molar-refractivity contribution in [3.63, 3.8) is 0 Å². The molecule has 166 valence electrons. The van der Waals surface area contributed by atoms with Gasteiger partial charge in [-0.25, -0.2) is 0 Å². The van der Waals surface area contributed by atoms with Gasteiger partial charge in [0, 0.05) is 25.1 Å². The lowest BCUT2D eigenvalue weighted by molar-refractivity contribution is -0.147. The number of allylic oxidation sites excluding steroid dienone is 1. The van der Waals surface area contributed by atoms with Crippen LogP contribution in [0, 0.1) is 5.92 Å². The van der Waals surface area contributed by atoms with Crippen molar-refractivity contribution in [3.05, 3.63) is 70.9 Å². The molecule has 2 aromatic rings. The van der Waals surface area contributed by atoms with Crippen molar-refractivity contribution in [2.45, 2.75) is 51.0 Å². The van der Waals surface area contributed by atoms with Crippen molar-refractivity contribution in [2.75, 3.05) is 13.1 Å². The Hall–Kier alpha value is -3.08. The fourth-order valence-corrected chi connectivity index (χ4v) is 4.72. The van der Waals surface area contributed by atoms with Crippen LogP contribution in [0.15, 0.2) is 57.8 Å². The maximum absolute atomic E-state index is 10.9. The average Bonchev–Trinajstić information content (AvgIpc) is 3.12. The molecular formula is C26H28N2O4. The first-order valence-corrected chi connectivity index (χ1v) is 11.5. The van der Waals surface area contributed by atoms with Gasteiger partial charge in [-0.3, -0.25) is 9.69 Å². The van der Waals surface area contributed by atoms with E-state index in [1.807, 2.05) is 18.2 Å². The molecule has 0 spiro atoms. The SMILES string of the molecule is O=C(O)C1CN(Cc2ccc(C3=NOC(c4ccc(C5CCCCC5)cc4)=C=CC3)o2)C1. The maximum Gasteiger partial charge on any atom is 0.309 e. The van der Waals surface area contributed by atoms with Crippen LogP contribution in [-0.4, -0.2) is 34.8 Å². The zero-order chi connectivity index (χ0) is 21.9. The van der Waals surface area contributed by atoms with E-state index in [-0.39, 0.29) is 5.92 Å². The number of carboxylic acids is 1. The van der Waals surface area contributed by atoms with Crippen LogP contribution < -0.4 is 0 Å². The third-order valence-corrected chi connectivity index (χ3v) is 6.66. The molecule has 0 bridgehead atoms. The first-order valence-electron chi connectivity index (χ1n) is 11.5. The van der Waals surface area contributed by atoms with E-state index < -0.39 is 5.97 Å². The quantitative estimate of drug-likeness (QED) is 0.638. The van der Waals surface area contributed by atoms with Crippen LogP contribution in [0.2, 0.25) is 0 Å². The van der Waals surface area contributed by atoms with Crippen molar-refractivity contribution in [1.29, 1.82) is 0 Å². The van der Waals surface area contributed by atoms with Gasteiger partial charge in [-0.15, -0.1) is 0 Å². The summed E-state index contributed by atoms with van der Waals surface area (Å²) >= 11 is 0. The number of carboxylic acid groups (broad SMARTS) is 1. The Morgan fingerprint density at radius 3 is 2.62 bits per heavy atom. The second kappa shape index (κ2) is 9.19. The maximum atomic E-state index is 10.9. The zero-order valence-electron chi connectivity index (χ0n) is 18.1. The van der Waals surface area contributed by atoms with E-state index in [1.165, 1.54) is 37.7 Å². The van der Waals surface area contributed by atoms with Gasteiger partial charge in [-0.1, -0.05) is 54.4 Å². The summed E-state index contributed by atoms with van der Waals surface area (Å²) in [5, 5.41) is 13.3. The molecular weight excluding hydrogens is 404 g/mol. The summed E-state index contributed by atoms with van der Waals surface area (Å²) in [5.74, 6) is 1.76. The lowest BCUT2D eigenvalue weighted by Gasteiger charge is -2.35. The molecule has 0 radical (unpaired) electrons. The third-order valence-electron chi connectivity index (χ3n) is 6.66. The second-order valence-corrected chi connectivity index (χ2v) is 8.96. The summed E-state index contributed by atoms with van der Waals surface area (Å²) in [5.41, 5.74) is 6.31. The molecule has 2 aliphatic heterocycles. The molecule has 1 saturated heterocycles. The number of likely N-dealkylation sites (tertiary alicyclic amines) is 1. The van der Waals surface area contributed by atoms with Gasteiger partial charge < -0.3 is 14.4 Å². The molecule has 1 saturated carbocycles. The highest BCUT2D eigenvalue weighted by atomic mass is 16.6. The number of benzene rings is 1. The number of rotatable bonds is 6. The Morgan fingerprint density at radius 1 is 1.09 bits per heavy atom. The number of hydrogen-bond donors (Lipinski definition) is 1. The van der Waals surface area contributed by atoms with Gasteiger partial charge in [-0.2, -0.15) is 0 Å². The minimum absolute atomic E-state index is 0.268. The van der Waals surface area contributed by atoms with E-state index >= 15 is 0 Å². The monoisotopic (exact) mass is 432 g/mol. The highest BCUT2D eigenvalue weighted by Crippen LogP contribution is 2.33. The van der Waals surface area contributed by atoms with Crippen LogP contribution in [0.5, 0.6) is 0 Å². The molecule has 1 aliphatic carbocycles. The predicted octanol–water partition coefficient (Wildman–Crippen LogP) is 5.16. The highest BCUT2D eigenvalue weighted by molar-refractivity contribution is 5.99. The van der Waals surface area contributed by atoms with Gasteiger partial charge in [0.2, 0.25) is 5.76 Å². The van der Waals surface area contributed by atoms with Crippen LogP contribution in [-0.2, 0) is 16.2 Å². The molecule has 6 nitrogen and oxygen atoms in total. The summed E-state index contributed by atoms with van der Waals surface area (Å²) < 4.78 is 5.95. The average molecular weight is 433 g/mol.